The van der Waals surface area contributed by atoms with Gasteiger partial charge < -0.3 is 0 Å². The van der Waals surface area contributed by atoms with Crippen molar-refractivity contribution in [2.45, 2.75) is 25.7 Å². The molecule has 6 heteroatoms. The predicted octanol–water partition coefficient (Wildman–Crippen LogP) is 3.93. The van der Waals surface area contributed by atoms with E-state index in [9.17, 15) is 9.59 Å². The number of rotatable bonds is 5. The molecule has 0 spiro atoms. The van der Waals surface area contributed by atoms with Crippen molar-refractivity contribution in [2.75, 3.05) is 0 Å². The maximum atomic E-state index is 12.4. The molecule has 0 aliphatic heterocycles. The molecular formula is C20H18N4O2. The average Bonchev–Trinajstić information content (AvgIpc) is 3.29. The number of para-hydroxylation sites is 4. The summed E-state index contributed by atoms with van der Waals surface area (Å²) in [5, 5.41) is 0. The monoisotopic (exact) mass is 346 g/mol. The van der Waals surface area contributed by atoms with Crippen LogP contribution in [0, 0.1) is 0 Å². The van der Waals surface area contributed by atoms with Gasteiger partial charge in [0.25, 0.3) is 0 Å². The Balaban J connectivity index is 1.33. The zero-order valence-corrected chi connectivity index (χ0v) is 14.2. The van der Waals surface area contributed by atoms with Crippen LogP contribution < -0.4 is 0 Å². The van der Waals surface area contributed by atoms with Gasteiger partial charge in [0.05, 0.1) is 22.1 Å². The van der Waals surface area contributed by atoms with Gasteiger partial charge in [-0.05, 0) is 37.1 Å². The van der Waals surface area contributed by atoms with E-state index < -0.39 is 0 Å². The zero-order chi connectivity index (χ0) is 17.9. The second-order valence-corrected chi connectivity index (χ2v) is 6.20. The summed E-state index contributed by atoms with van der Waals surface area (Å²) in [6, 6.07) is 15.1. The number of hydrogen-bond acceptors (Lipinski definition) is 4. The molecule has 26 heavy (non-hydrogen) atoms. The third-order valence-corrected chi connectivity index (χ3v) is 4.48. The second kappa shape index (κ2) is 6.92. The summed E-state index contributed by atoms with van der Waals surface area (Å²) < 4.78 is 3.17. The third kappa shape index (κ3) is 3.01. The maximum absolute atomic E-state index is 12.4. The molecule has 130 valence electrons. The van der Waals surface area contributed by atoms with Crippen LogP contribution in [0.5, 0.6) is 0 Å². The Hall–Kier alpha value is -3.28. The van der Waals surface area contributed by atoms with Gasteiger partial charge in [0.1, 0.15) is 12.7 Å². The molecule has 0 radical (unpaired) electrons. The first-order chi connectivity index (χ1) is 12.7. The average molecular weight is 346 g/mol. The first-order valence-electron chi connectivity index (χ1n) is 8.64. The van der Waals surface area contributed by atoms with Gasteiger partial charge in [-0.1, -0.05) is 24.3 Å². The van der Waals surface area contributed by atoms with E-state index >= 15 is 0 Å². The summed E-state index contributed by atoms with van der Waals surface area (Å²) >= 11 is 0. The highest BCUT2D eigenvalue weighted by atomic mass is 16.2. The molecule has 0 N–H and O–H groups in total. The van der Waals surface area contributed by atoms with E-state index in [1.54, 1.807) is 21.8 Å². The molecule has 4 rings (SSSR count). The van der Waals surface area contributed by atoms with Crippen LogP contribution in [0.1, 0.15) is 35.3 Å². The molecule has 2 aromatic heterocycles. The van der Waals surface area contributed by atoms with E-state index in [1.165, 1.54) is 0 Å². The van der Waals surface area contributed by atoms with Gasteiger partial charge in [0.15, 0.2) is 0 Å². The molecule has 2 heterocycles. The van der Waals surface area contributed by atoms with Crippen molar-refractivity contribution in [3.63, 3.8) is 0 Å². The summed E-state index contributed by atoms with van der Waals surface area (Å²) in [4.78, 5) is 33.3. The van der Waals surface area contributed by atoms with Crippen molar-refractivity contribution >= 4 is 33.9 Å². The van der Waals surface area contributed by atoms with Gasteiger partial charge in [-0.3, -0.25) is 18.7 Å². The SMILES string of the molecule is O=C(CCCCC(=O)n1cnc2ccccc21)n1cnc2ccccc21. The van der Waals surface area contributed by atoms with E-state index in [1.807, 2.05) is 48.5 Å². The number of carbonyl (C=O) groups is 2. The minimum Gasteiger partial charge on any atom is -0.274 e. The number of aromatic nitrogens is 4. The van der Waals surface area contributed by atoms with Crippen LogP contribution in [-0.2, 0) is 0 Å². The number of hydrogen-bond donors (Lipinski definition) is 0. The molecule has 0 fully saturated rings. The Bertz CT molecular complexity index is 1010. The lowest BCUT2D eigenvalue weighted by molar-refractivity contribution is 0.0877. The molecule has 0 aliphatic rings. The van der Waals surface area contributed by atoms with Gasteiger partial charge in [-0.15, -0.1) is 0 Å². The van der Waals surface area contributed by atoms with Crippen LogP contribution in [0.15, 0.2) is 61.2 Å². The Morgan fingerprint density at radius 1 is 0.692 bits per heavy atom. The highest BCUT2D eigenvalue weighted by Crippen LogP contribution is 2.15. The fraction of sp³-hybridized carbons (Fsp3) is 0.200. The minimum atomic E-state index is -0.000713. The van der Waals surface area contributed by atoms with E-state index in [0.717, 1.165) is 22.1 Å². The molecule has 0 aliphatic carbocycles. The molecule has 2 aromatic carbocycles. The number of unbranched alkanes of at least 4 members (excludes halogenated alkanes) is 1. The molecular weight excluding hydrogens is 328 g/mol. The van der Waals surface area contributed by atoms with Gasteiger partial charge in [0, 0.05) is 12.8 Å². The van der Waals surface area contributed by atoms with Crippen LogP contribution in [0.4, 0.5) is 0 Å². The first-order valence-corrected chi connectivity index (χ1v) is 8.64. The molecule has 0 saturated carbocycles. The largest absolute Gasteiger partial charge is 0.274 e. The normalized spacial score (nSPS) is 11.2. The Morgan fingerprint density at radius 2 is 1.12 bits per heavy atom. The van der Waals surface area contributed by atoms with Crippen LogP contribution in [0.2, 0.25) is 0 Å². The van der Waals surface area contributed by atoms with E-state index in [2.05, 4.69) is 9.97 Å². The topological polar surface area (TPSA) is 69.8 Å². The number of fused-ring (bicyclic) bond motifs is 2. The molecule has 4 aromatic rings. The third-order valence-electron chi connectivity index (χ3n) is 4.48. The van der Waals surface area contributed by atoms with Crippen LogP contribution in [0.25, 0.3) is 22.1 Å². The first kappa shape index (κ1) is 16.2. The lowest BCUT2D eigenvalue weighted by Crippen LogP contribution is -2.11. The number of carbonyl (C=O) groups excluding carboxylic acids is 2. The zero-order valence-electron chi connectivity index (χ0n) is 14.2. The highest BCUT2D eigenvalue weighted by molar-refractivity contribution is 5.91. The molecule has 6 nitrogen and oxygen atoms in total. The van der Waals surface area contributed by atoms with Crippen LogP contribution in [-0.4, -0.2) is 30.9 Å². The summed E-state index contributed by atoms with van der Waals surface area (Å²) in [7, 11) is 0. The van der Waals surface area contributed by atoms with Crippen molar-refractivity contribution in [3.05, 3.63) is 61.2 Å². The van der Waals surface area contributed by atoms with Gasteiger partial charge >= 0.3 is 0 Å². The van der Waals surface area contributed by atoms with Crippen molar-refractivity contribution in [2.24, 2.45) is 0 Å². The summed E-state index contributed by atoms with van der Waals surface area (Å²) in [6.07, 6.45) is 5.22. The molecule has 0 atom stereocenters. The predicted molar refractivity (Wildman–Crippen MR) is 99.2 cm³/mol. The standard InChI is InChI=1S/C20H18N4O2/c25-19(23-13-21-15-7-1-3-9-17(15)23)11-5-6-12-20(26)24-14-22-16-8-2-4-10-18(16)24/h1-4,7-10,13-14H,5-6,11-12H2. The highest BCUT2D eigenvalue weighted by Gasteiger charge is 2.12. The fourth-order valence-corrected chi connectivity index (χ4v) is 3.11. The van der Waals surface area contributed by atoms with E-state index in [0.29, 0.717) is 25.7 Å². The molecule has 0 unspecified atom stereocenters. The molecule has 0 amide bonds. The van der Waals surface area contributed by atoms with Crippen LogP contribution in [0.3, 0.4) is 0 Å². The summed E-state index contributed by atoms with van der Waals surface area (Å²) in [5.74, 6) is -0.00143. The van der Waals surface area contributed by atoms with Crippen molar-refractivity contribution in [1.29, 1.82) is 0 Å². The fourth-order valence-electron chi connectivity index (χ4n) is 3.11. The number of nitrogens with zero attached hydrogens (tertiary/aromatic N) is 4. The Labute approximate surface area is 150 Å². The quantitative estimate of drug-likeness (QED) is 0.514. The van der Waals surface area contributed by atoms with E-state index in [4.69, 9.17) is 0 Å². The van der Waals surface area contributed by atoms with Crippen molar-refractivity contribution in [3.8, 4) is 0 Å². The van der Waals surface area contributed by atoms with Crippen LogP contribution >= 0.6 is 0 Å². The second-order valence-electron chi connectivity index (χ2n) is 6.20. The van der Waals surface area contributed by atoms with Gasteiger partial charge in [0.2, 0.25) is 11.8 Å². The van der Waals surface area contributed by atoms with E-state index in [-0.39, 0.29) is 11.8 Å². The maximum Gasteiger partial charge on any atom is 0.232 e. The smallest absolute Gasteiger partial charge is 0.232 e. The van der Waals surface area contributed by atoms with Crippen molar-refractivity contribution < 1.29 is 9.59 Å². The molecule has 0 bridgehead atoms. The minimum absolute atomic E-state index is 0.000713. The Morgan fingerprint density at radius 3 is 1.58 bits per heavy atom. The number of imidazole rings is 2. The van der Waals surface area contributed by atoms with Gasteiger partial charge in [-0.25, -0.2) is 9.97 Å². The lowest BCUT2D eigenvalue weighted by atomic mass is 10.1. The van der Waals surface area contributed by atoms with Crippen molar-refractivity contribution in [1.82, 2.24) is 19.1 Å². The van der Waals surface area contributed by atoms with Gasteiger partial charge in [-0.2, -0.15) is 0 Å². The summed E-state index contributed by atoms with van der Waals surface area (Å²) in [6.45, 7) is 0. The summed E-state index contributed by atoms with van der Waals surface area (Å²) in [5.41, 5.74) is 3.25. The lowest BCUT2D eigenvalue weighted by Gasteiger charge is -2.04. The molecule has 0 saturated heterocycles. The number of benzene rings is 2. The Kier molecular flexibility index (Phi) is 4.31.